The first-order valence-electron chi connectivity index (χ1n) is 9.28. The molecule has 0 bridgehead atoms. The van der Waals surface area contributed by atoms with Crippen molar-refractivity contribution in [2.45, 2.75) is 78.1 Å². The zero-order valence-corrected chi connectivity index (χ0v) is 22.0. The molecule has 0 saturated carbocycles. The summed E-state index contributed by atoms with van der Waals surface area (Å²) in [5, 5.41) is 0. The van der Waals surface area contributed by atoms with E-state index in [4.69, 9.17) is 36.1 Å². The van der Waals surface area contributed by atoms with E-state index in [1.54, 1.807) is 33.9 Å². The molecule has 3 N–H and O–H groups in total. The Morgan fingerprint density at radius 1 is 1.40 bits per heavy atom. The molecule has 1 aliphatic rings. The SMILES string of the molecule is COC1C(OP(O)(=S)OC(C)(C)C)[C@@H](C[C-](C)C)O[C@H]1n1cc(C)c(N)nc1=O.[Sc]. The van der Waals surface area contributed by atoms with Crippen molar-refractivity contribution in [2.75, 3.05) is 12.8 Å². The molecule has 1 aliphatic heterocycles. The van der Waals surface area contributed by atoms with Gasteiger partial charge < -0.3 is 30.5 Å². The summed E-state index contributed by atoms with van der Waals surface area (Å²) in [6.45, 7) is 7.39. The Bertz CT molecular complexity index is 831. The second-order valence-electron chi connectivity index (χ2n) is 8.42. The van der Waals surface area contributed by atoms with Crippen molar-refractivity contribution < 1.29 is 49.3 Å². The number of hydrogen-bond acceptors (Lipinski definition) is 8. The molecule has 9 nitrogen and oxygen atoms in total. The summed E-state index contributed by atoms with van der Waals surface area (Å²) in [5.74, 6) is 1.24. The van der Waals surface area contributed by atoms with Crippen LogP contribution in [0.2, 0.25) is 0 Å². The minimum Gasteiger partial charge on any atom is -0.383 e. The van der Waals surface area contributed by atoms with Crippen LogP contribution in [0, 0.1) is 12.8 Å². The largest absolute Gasteiger partial charge is 0.383 e. The number of aromatic nitrogens is 2. The van der Waals surface area contributed by atoms with Gasteiger partial charge in [-0.25, -0.2) is 4.79 Å². The number of methoxy groups -OCH3 is 1. The molecule has 1 radical (unpaired) electrons. The quantitative estimate of drug-likeness (QED) is 0.436. The van der Waals surface area contributed by atoms with Gasteiger partial charge in [-0.2, -0.15) is 18.8 Å². The van der Waals surface area contributed by atoms with Crippen LogP contribution in [0.3, 0.4) is 0 Å². The van der Waals surface area contributed by atoms with Crippen molar-refractivity contribution in [1.29, 1.82) is 0 Å². The zero-order chi connectivity index (χ0) is 22.1. The Labute approximate surface area is 201 Å². The maximum atomic E-state index is 12.5. The van der Waals surface area contributed by atoms with Crippen LogP contribution in [-0.4, -0.2) is 45.5 Å². The van der Waals surface area contributed by atoms with E-state index in [1.807, 2.05) is 13.8 Å². The number of nitrogen functional groups attached to an aromatic ring is 1. The molecule has 30 heavy (non-hydrogen) atoms. The minimum absolute atomic E-state index is 0. The molecule has 2 rings (SSSR count). The van der Waals surface area contributed by atoms with Crippen LogP contribution in [0.4, 0.5) is 5.82 Å². The van der Waals surface area contributed by atoms with E-state index >= 15 is 0 Å². The molecule has 5 atom stereocenters. The van der Waals surface area contributed by atoms with Crippen molar-refractivity contribution in [3.05, 3.63) is 28.2 Å². The molecule has 169 valence electrons. The van der Waals surface area contributed by atoms with Crippen LogP contribution in [0.5, 0.6) is 0 Å². The van der Waals surface area contributed by atoms with E-state index < -0.39 is 42.5 Å². The van der Waals surface area contributed by atoms with Gasteiger partial charge in [-0.1, -0.05) is 0 Å². The summed E-state index contributed by atoms with van der Waals surface area (Å²) in [5.41, 5.74) is 5.11. The average Bonchev–Trinajstić information content (AvgIpc) is 2.84. The van der Waals surface area contributed by atoms with Gasteiger partial charge in [-0.15, -0.1) is 6.42 Å². The average molecular weight is 493 g/mol. The summed E-state index contributed by atoms with van der Waals surface area (Å²) in [4.78, 5) is 26.9. The first-order chi connectivity index (χ1) is 13.2. The molecule has 1 aromatic heterocycles. The molecule has 12 heteroatoms. The molecule has 0 spiro atoms. The molecule has 1 saturated heterocycles. The summed E-state index contributed by atoms with van der Waals surface area (Å²) >= 11 is 5.22. The summed E-state index contributed by atoms with van der Waals surface area (Å²) < 4.78 is 24.5. The fourth-order valence-electron chi connectivity index (χ4n) is 3.16. The van der Waals surface area contributed by atoms with Crippen molar-refractivity contribution in [3.8, 4) is 0 Å². The van der Waals surface area contributed by atoms with Gasteiger partial charge in [0, 0.05) is 44.7 Å². The predicted octanol–water partition coefficient (Wildman–Crippen LogP) is 2.47. The normalized spacial score (nSPS) is 26.4. The Morgan fingerprint density at radius 3 is 2.50 bits per heavy atom. The van der Waals surface area contributed by atoms with E-state index in [0.29, 0.717) is 12.0 Å². The second kappa shape index (κ2) is 10.7. The number of aryl methyl sites for hydroxylation is 1. The second-order valence-corrected chi connectivity index (χ2v) is 11.1. The standard InChI is InChI=1S/C18H31N3O6PS.Sc/c1-10(2)8-12-13(26-28(23,29)27-18(4,5)6)14(24-7)16(25-12)21-9-11(3)15(19)20-17(21)22;/h9,12-14,16H,8H2,1-7H3,(H,23,29)(H2,19,20,22);/q-1;/t12-,13?,14?,16-,28?;/m1./s1. The predicted molar refractivity (Wildman–Crippen MR) is 114 cm³/mol. The summed E-state index contributed by atoms with van der Waals surface area (Å²) in [7, 11) is 1.48. The fourth-order valence-corrected chi connectivity index (χ4v) is 5.43. The van der Waals surface area contributed by atoms with Crippen molar-refractivity contribution in [3.63, 3.8) is 0 Å². The first kappa shape index (κ1) is 28.0. The van der Waals surface area contributed by atoms with E-state index in [1.165, 1.54) is 11.7 Å². The van der Waals surface area contributed by atoms with E-state index in [-0.39, 0.29) is 31.7 Å². The molecule has 1 aromatic rings. The Hall–Kier alpha value is 0.000130. The summed E-state index contributed by atoms with van der Waals surface area (Å²) in [6.07, 6.45) is -0.690. The van der Waals surface area contributed by atoms with Crippen molar-refractivity contribution >= 4 is 24.3 Å². The van der Waals surface area contributed by atoms with Gasteiger partial charge in [0.2, 0.25) is 0 Å². The van der Waals surface area contributed by atoms with Crippen LogP contribution >= 0.6 is 6.72 Å². The maximum Gasteiger partial charge on any atom is 0.351 e. The number of nitrogens with two attached hydrogens (primary N) is 1. The number of ether oxygens (including phenoxy) is 2. The Kier molecular flexibility index (Phi) is 10.0. The van der Waals surface area contributed by atoms with Gasteiger partial charge >= 0.3 is 12.4 Å². The molecule has 0 amide bonds. The van der Waals surface area contributed by atoms with Gasteiger partial charge in [-0.3, -0.25) is 9.09 Å². The molecule has 1 fully saturated rings. The van der Waals surface area contributed by atoms with Crippen LogP contribution in [0.25, 0.3) is 0 Å². The van der Waals surface area contributed by atoms with Gasteiger partial charge in [0.05, 0.1) is 11.7 Å². The Balaban J connectivity index is 0.00000450. The molecular weight excluding hydrogens is 462 g/mol. The number of nitrogens with zero attached hydrogens (tertiary/aromatic N) is 2. The molecule has 2 heterocycles. The fraction of sp³-hybridized carbons (Fsp3) is 0.722. The van der Waals surface area contributed by atoms with Gasteiger partial charge in [-0.05, 0) is 39.5 Å². The van der Waals surface area contributed by atoms with Crippen LogP contribution in [0.1, 0.15) is 52.8 Å². The molecule has 3 unspecified atom stereocenters. The number of rotatable bonds is 7. The smallest absolute Gasteiger partial charge is 0.351 e. The van der Waals surface area contributed by atoms with E-state index in [9.17, 15) is 9.69 Å². The third-order valence-electron chi connectivity index (χ3n) is 4.26. The minimum atomic E-state index is -3.60. The van der Waals surface area contributed by atoms with Crippen LogP contribution in [0.15, 0.2) is 11.0 Å². The van der Waals surface area contributed by atoms with Gasteiger partial charge in [0.1, 0.15) is 18.0 Å². The molecule has 0 aliphatic carbocycles. The van der Waals surface area contributed by atoms with Crippen LogP contribution in [-0.2, 0) is 56.2 Å². The maximum absolute atomic E-state index is 12.5. The summed E-state index contributed by atoms with van der Waals surface area (Å²) in [6, 6.07) is 0. The van der Waals surface area contributed by atoms with Crippen LogP contribution < -0.4 is 11.4 Å². The molecule has 0 aromatic carbocycles. The third-order valence-corrected chi connectivity index (χ3v) is 6.03. The zero-order valence-electron chi connectivity index (χ0n) is 18.5. The van der Waals surface area contributed by atoms with Gasteiger partial charge in [0.25, 0.3) is 0 Å². The van der Waals surface area contributed by atoms with E-state index in [0.717, 1.165) is 5.92 Å². The molecular formula is C18H31N3O6PSSc-. The van der Waals surface area contributed by atoms with Crippen molar-refractivity contribution in [1.82, 2.24) is 9.55 Å². The first-order valence-corrected chi connectivity index (χ1v) is 11.9. The monoisotopic (exact) mass is 493 g/mol. The number of hydrogen-bond donors (Lipinski definition) is 2. The third kappa shape index (κ3) is 7.27. The van der Waals surface area contributed by atoms with E-state index in [2.05, 4.69) is 4.98 Å². The Morgan fingerprint density at radius 2 is 2.00 bits per heavy atom. The topological polar surface area (TPSA) is 118 Å². The number of anilines is 1. The van der Waals surface area contributed by atoms with Gasteiger partial charge in [0.15, 0.2) is 6.23 Å². The van der Waals surface area contributed by atoms with Crippen molar-refractivity contribution in [2.24, 2.45) is 0 Å².